The number of aromatic nitrogens is 2. The highest BCUT2D eigenvalue weighted by Gasteiger charge is 2.12. The predicted molar refractivity (Wildman–Crippen MR) is 75.7 cm³/mol. The van der Waals surface area contributed by atoms with Crippen molar-refractivity contribution in [3.05, 3.63) is 47.8 Å². The van der Waals surface area contributed by atoms with Crippen molar-refractivity contribution in [3.63, 3.8) is 0 Å². The second-order valence-corrected chi connectivity index (χ2v) is 5.70. The molecule has 0 amide bonds. The molecule has 0 saturated heterocycles. The number of anilines is 1. The van der Waals surface area contributed by atoms with E-state index in [1.165, 1.54) is 11.1 Å². The van der Waals surface area contributed by atoms with Gasteiger partial charge in [0.05, 0.1) is 6.20 Å². The topological polar surface area (TPSA) is 29.9 Å². The molecule has 0 aliphatic carbocycles. The van der Waals surface area contributed by atoms with Crippen LogP contribution in [0.1, 0.15) is 31.9 Å². The Morgan fingerprint density at radius 3 is 2.33 bits per heavy atom. The van der Waals surface area contributed by atoms with Crippen molar-refractivity contribution in [1.82, 2.24) is 9.78 Å². The number of hydrogen-bond acceptors (Lipinski definition) is 2. The standard InChI is InChI=1S/C15H21N3/c1-15(2,3)13-5-7-14(8-6-13)16-9-12-10-17-18(4)11-12/h5-8,10-11,16H,9H2,1-4H3. The Morgan fingerprint density at radius 1 is 1.17 bits per heavy atom. The van der Waals surface area contributed by atoms with Gasteiger partial charge >= 0.3 is 0 Å². The van der Waals surface area contributed by atoms with Crippen molar-refractivity contribution in [2.24, 2.45) is 7.05 Å². The largest absolute Gasteiger partial charge is 0.381 e. The van der Waals surface area contributed by atoms with Gasteiger partial charge in [-0.1, -0.05) is 32.9 Å². The van der Waals surface area contributed by atoms with Gasteiger partial charge in [0.15, 0.2) is 0 Å². The lowest BCUT2D eigenvalue weighted by molar-refractivity contribution is 0.590. The minimum absolute atomic E-state index is 0.210. The monoisotopic (exact) mass is 243 g/mol. The lowest BCUT2D eigenvalue weighted by atomic mass is 9.87. The van der Waals surface area contributed by atoms with Crippen LogP contribution in [0.4, 0.5) is 5.69 Å². The third-order valence-corrected chi connectivity index (χ3v) is 3.01. The number of nitrogens with one attached hydrogen (secondary N) is 1. The summed E-state index contributed by atoms with van der Waals surface area (Å²) in [6.45, 7) is 7.49. The molecule has 0 aliphatic rings. The first-order valence-corrected chi connectivity index (χ1v) is 6.27. The van der Waals surface area contributed by atoms with E-state index in [1.54, 1.807) is 0 Å². The average molecular weight is 243 g/mol. The van der Waals surface area contributed by atoms with Crippen molar-refractivity contribution in [3.8, 4) is 0 Å². The Labute approximate surface area is 109 Å². The number of aryl methyl sites for hydroxylation is 1. The molecule has 3 heteroatoms. The first-order chi connectivity index (χ1) is 8.45. The van der Waals surface area contributed by atoms with Crippen LogP contribution >= 0.6 is 0 Å². The zero-order valence-corrected chi connectivity index (χ0v) is 11.6. The van der Waals surface area contributed by atoms with Crippen molar-refractivity contribution in [2.45, 2.75) is 32.7 Å². The molecule has 0 saturated carbocycles. The molecule has 0 atom stereocenters. The van der Waals surface area contributed by atoms with Crippen LogP contribution in [-0.2, 0) is 19.0 Å². The van der Waals surface area contributed by atoms with Crippen LogP contribution in [-0.4, -0.2) is 9.78 Å². The van der Waals surface area contributed by atoms with Gasteiger partial charge in [-0.2, -0.15) is 5.10 Å². The van der Waals surface area contributed by atoms with Crippen LogP contribution < -0.4 is 5.32 Å². The molecule has 0 fully saturated rings. The molecule has 0 bridgehead atoms. The highest BCUT2D eigenvalue weighted by atomic mass is 15.2. The Morgan fingerprint density at radius 2 is 1.83 bits per heavy atom. The first-order valence-electron chi connectivity index (χ1n) is 6.27. The molecular weight excluding hydrogens is 222 g/mol. The molecule has 18 heavy (non-hydrogen) atoms. The van der Waals surface area contributed by atoms with E-state index in [1.807, 2.05) is 24.1 Å². The van der Waals surface area contributed by atoms with Gasteiger partial charge in [0.25, 0.3) is 0 Å². The summed E-state index contributed by atoms with van der Waals surface area (Å²) in [4.78, 5) is 0. The summed E-state index contributed by atoms with van der Waals surface area (Å²) in [5.74, 6) is 0. The van der Waals surface area contributed by atoms with Gasteiger partial charge < -0.3 is 5.32 Å². The second kappa shape index (κ2) is 4.84. The predicted octanol–water partition coefficient (Wildman–Crippen LogP) is 3.33. The second-order valence-electron chi connectivity index (χ2n) is 5.70. The van der Waals surface area contributed by atoms with Gasteiger partial charge in [0.1, 0.15) is 0 Å². The fourth-order valence-corrected chi connectivity index (χ4v) is 1.86. The van der Waals surface area contributed by atoms with E-state index in [0.717, 1.165) is 12.2 Å². The van der Waals surface area contributed by atoms with Crippen LogP contribution in [0.5, 0.6) is 0 Å². The van der Waals surface area contributed by atoms with Gasteiger partial charge in [-0.15, -0.1) is 0 Å². The summed E-state index contributed by atoms with van der Waals surface area (Å²) >= 11 is 0. The lowest BCUT2D eigenvalue weighted by Gasteiger charge is -2.19. The molecule has 1 N–H and O–H groups in total. The summed E-state index contributed by atoms with van der Waals surface area (Å²) < 4.78 is 1.82. The third-order valence-electron chi connectivity index (χ3n) is 3.01. The summed E-state index contributed by atoms with van der Waals surface area (Å²) in [5, 5.41) is 7.55. The van der Waals surface area contributed by atoms with Crippen molar-refractivity contribution in [1.29, 1.82) is 0 Å². The van der Waals surface area contributed by atoms with Crippen LogP contribution in [0, 0.1) is 0 Å². The highest BCUT2D eigenvalue weighted by Crippen LogP contribution is 2.23. The molecule has 2 aromatic rings. The first kappa shape index (κ1) is 12.7. The zero-order valence-electron chi connectivity index (χ0n) is 11.6. The SMILES string of the molecule is Cn1cc(CNc2ccc(C(C)(C)C)cc2)cn1. The molecule has 0 aliphatic heterocycles. The van der Waals surface area contributed by atoms with E-state index >= 15 is 0 Å². The molecule has 0 radical (unpaired) electrons. The summed E-state index contributed by atoms with van der Waals surface area (Å²) in [7, 11) is 1.93. The van der Waals surface area contributed by atoms with Gasteiger partial charge in [0.2, 0.25) is 0 Å². The zero-order chi connectivity index (χ0) is 13.2. The van der Waals surface area contributed by atoms with E-state index < -0.39 is 0 Å². The third kappa shape index (κ3) is 3.13. The van der Waals surface area contributed by atoms with Crippen molar-refractivity contribution < 1.29 is 0 Å². The van der Waals surface area contributed by atoms with Crippen LogP contribution in [0.15, 0.2) is 36.7 Å². The summed E-state index contributed by atoms with van der Waals surface area (Å²) in [5.41, 5.74) is 3.90. The van der Waals surface area contributed by atoms with Crippen molar-refractivity contribution >= 4 is 5.69 Å². The van der Waals surface area contributed by atoms with E-state index in [-0.39, 0.29) is 5.41 Å². The van der Waals surface area contributed by atoms with Gasteiger partial charge in [-0.05, 0) is 23.1 Å². The van der Waals surface area contributed by atoms with Crippen LogP contribution in [0.3, 0.4) is 0 Å². The molecular formula is C15H21N3. The summed E-state index contributed by atoms with van der Waals surface area (Å²) in [6.07, 6.45) is 3.91. The minimum atomic E-state index is 0.210. The highest BCUT2D eigenvalue weighted by molar-refractivity contribution is 5.46. The lowest BCUT2D eigenvalue weighted by Crippen LogP contribution is -2.10. The van der Waals surface area contributed by atoms with E-state index in [2.05, 4.69) is 55.5 Å². The molecule has 96 valence electrons. The molecule has 2 rings (SSSR count). The maximum absolute atomic E-state index is 4.15. The molecule has 0 unspecified atom stereocenters. The maximum atomic E-state index is 4.15. The smallest absolute Gasteiger partial charge is 0.0539 e. The van der Waals surface area contributed by atoms with E-state index in [9.17, 15) is 0 Å². The van der Waals surface area contributed by atoms with Crippen LogP contribution in [0.25, 0.3) is 0 Å². The Hall–Kier alpha value is -1.77. The minimum Gasteiger partial charge on any atom is -0.381 e. The Kier molecular flexibility index (Phi) is 3.41. The van der Waals surface area contributed by atoms with Gasteiger partial charge in [-0.3, -0.25) is 4.68 Å². The molecule has 0 spiro atoms. The van der Waals surface area contributed by atoms with Crippen LogP contribution in [0.2, 0.25) is 0 Å². The number of benzene rings is 1. The molecule has 1 aromatic heterocycles. The quantitative estimate of drug-likeness (QED) is 0.896. The van der Waals surface area contributed by atoms with E-state index in [4.69, 9.17) is 0 Å². The maximum Gasteiger partial charge on any atom is 0.0539 e. The summed E-state index contributed by atoms with van der Waals surface area (Å²) in [6, 6.07) is 8.64. The number of nitrogens with zero attached hydrogens (tertiary/aromatic N) is 2. The van der Waals surface area contributed by atoms with Gasteiger partial charge in [0, 0.05) is 31.0 Å². The fourth-order valence-electron chi connectivity index (χ4n) is 1.86. The average Bonchev–Trinajstić information content (AvgIpc) is 2.72. The Balaban J connectivity index is 1.98. The molecule has 1 heterocycles. The number of hydrogen-bond donors (Lipinski definition) is 1. The normalized spacial score (nSPS) is 11.6. The molecule has 3 nitrogen and oxygen atoms in total. The Bertz CT molecular complexity index is 503. The van der Waals surface area contributed by atoms with Crippen molar-refractivity contribution in [2.75, 3.05) is 5.32 Å². The van der Waals surface area contributed by atoms with Gasteiger partial charge in [-0.25, -0.2) is 0 Å². The molecule has 1 aromatic carbocycles. The fraction of sp³-hybridized carbons (Fsp3) is 0.400. The van der Waals surface area contributed by atoms with E-state index in [0.29, 0.717) is 0 Å². The number of rotatable bonds is 3.